The Bertz CT molecular complexity index is 589. The van der Waals surface area contributed by atoms with Crippen LogP contribution in [0.3, 0.4) is 0 Å². The second kappa shape index (κ2) is 5.87. The van der Waals surface area contributed by atoms with Crippen molar-refractivity contribution >= 4 is 5.91 Å². The maximum atomic E-state index is 12.9. The van der Waals surface area contributed by atoms with Crippen LogP contribution in [0.15, 0.2) is 48.5 Å². The predicted octanol–water partition coefficient (Wildman–Crippen LogP) is 3.97. The fraction of sp³-hybridized carbons (Fsp3) is 0.235. The minimum Gasteiger partial charge on any atom is -0.335 e. The molecule has 0 saturated carbocycles. The largest absolute Gasteiger partial charge is 0.335 e. The molecule has 0 heterocycles. The zero-order chi connectivity index (χ0) is 14.7. The second-order valence-electron chi connectivity index (χ2n) is 5.01. The van der Waals surface area contributed by atoms with Gasteiger partial charge in [-0.25, -0.2) is 4.39 Å². The summed E-state index contributed by atoms with van der Waals surface area (Å²) in [6, 6.07) is 13.6. The zero-order valence-electron chi connectivity index (χ0n) is 11.9. The highest BCUT2D eigenvalue weighted by Gasteiger charge is 2.18. The van der Waals surface area contributed by atoms with Crippen molar-refractivity contribution < 1.29 is 9.18 Å². The first kappa shape index (κ1) is 14.3. The molecule has 2 aromatic rings. The van der Waals surface area contributed by atoms with Crippen LogP contribution in [0, 0.1) is 12.7 Å². The van der Waals surface area contributed by atoms with Gasteiger partial charge in [0.2, 0.25) is 0 Å². The molecule has 1 amide bonds. The van der Waals surface area contributed by atoms with Crippen LogP contribution in [-0.4, -0.2) is 17.9 Å². The maximum Gasteiger partial charge on any atom is 0.254 e. The van der Waals surface area contributed by atoms with Crippen molar-refractivity contribution in [2.45, 2.75) is 19.9 Å². The van der Waals surface area contributed by atoms with Crippen LogP contribution in [0.4, 0.5) is 4.39 Å². The lowest BCUT2D eigenvalue weighted by atomic mass is 10.1. The molecule has 20 heavy (non-hydrogen) atoms. The highest BCUT2D eigenvalue weighted by molar-refractivity contribution is 5.94. The van der Waals surface area contributed by atoms with Gasteiger partial charge in [0.15, 0.2) is 0 Å². The Morgan fingerprint density at radius 1 is 1.05 bits per heavy atom. The molecule has 0 aliphatic heterocycles. The molecule has 2 aromatic carbocycles. The van der Waals surface area contributed by atoms with E-state index in [0.29, 0.717) is 5.56 Å². The predicted molar refractivity (Wildman–Crippen MR) is 78.1 cm³/mol. The first-order valence-corrected chi connectivity index (χ1v) is 6.58. The molecule has 0 aliphatic carbocycles. The first-order valence-electron chi connectivity index (χ1n) is 6.58. The Hall–Kier alpha value is -2.16. The van der Waals surface area contributed by atoms with Crippen molar-refractivity contribution in [3.05, 3.63) is 71.0 Å². The SMILES string of the molecule is Cc1ccc(C(=O)N(C)C(C)c2ccc(F)cc2)cc1. The van der Waals surface area contributed by atoms with Crippen LogP contribution in [0.25, 0.3) is 0 Å². The summed E-state index contributed by atoms with van der Waals surface area (Å²) in [4.78, 5) is 14.1. The van der Waals surface area contributed by atoms with Crippen LogP contribution in [0.5, 0.6) is 0 Å². The van der Waals surface area contributed by atoms with E-state index < -0.39 is 0 Å². The molecule has 1 atom stereocenters. The summed E-state index contributed by atoms with van der Waals surface area (Å²) in [6.07, 6.45) is 0. The summed E-state index contributed by atoms with van der Waals surface area (Å²) in [5.41, 5.74) is 2.69. The molecule has 2 rings (SSSR count). The van der Waals surface area contributed by atoms with E-state index in [-0.39, 0.29) is 17.8 Å². The lowest BCUT2D eigenvalue weighted by Gasteiger charge is -2.25. The van der Waals surface area contributed by atoms with E-state index in [1.165, 1.54) is 12.1 Å². The molecule has 0 spiro atoms. The number of nitrogens with zero attached hydrogens (tertiary/aromatic N) is 1. The Morgan fingerprint density at radius 2 is 1.60 bits per heavy atom. The normalized spacial score (nSPS) is 12.0. The Kier molecular flexibility index (Phi) is 4.18. The van der Waals surface area contributed by atoms with E-state index in [4.69, 9.17) is 0 Å². The molecular formula is C17H18FNO. The number of halogens is 1. The highest BCUT2D eigenvalue weighted by Crippen LogP contribution is 2.21. The molecule has 0 radical (unpaired) electrons. The highest BCUT2D eigenvalue weighted by atomic mass is 19.1. The summed E-state index contributed by atoms with van der Waals surface area (Å²) in [5, 5.41) is 0. The van der Waals surface area contributed by atoms with E-state index >= 15 is 0 Å². The number of carbonyl (C=O) groups excluding carboxylic acids is 1. The van der Waals surface area contributed by atoms with Gasteiger partial charge in [0, 0.05) is 12.6 Å². The lowest BCUT2D eigenvalue weighted by molar-refractivity contribution is 0.0742. The molecule has 0 N–H and O–H groups in total. The van der Waals surface area contributed by atoms with Gasteiger partial charge in [0.05, 0.1) is 6.04 Å². The summed E-state index contributed by atoms with van der Waals surface area (Å²) in [6.45, 7) is 3.92. The fourth-order valence-corrected chi connectivity index (χ4v) is 2.04. The number of benzene rings is 2. The van der Waals surface area contributed by atoms with Crippen molar-refractivity contribution in [1.82, 2.24) is 4.90 Å². The van der Waals surface area contributed by atoms with Crippen molar-refractivity contribution in [1.29, 1.82) is 0 Å². The first-order chi connectivity index (χ1) is 9.49. The number of hydrogen-bond acceptors (Lipinski definition) is 1. The molecule has 104 valence electrons. The van der Waals surface area contributed by atoms with Gasteiger partial charge in [-0.05, 0) is 43.7 Å². The average molecular weight is 271 g/mol. The fourth-order valence-electron chi connectivity index (χ4n) is 2.04. The molecule has 3 heteroatoms. The molecule has 0 aliphatic rings. The third-order valence-electron chi connectivity index (χ3n) is 3.55. The maximum absolute atomic E-state index is 12.9. The average Bonchev–Trinajstić information content (AvgIpc) is 2.46. The van der Waals surface area contributed by atoms with E-state index in [2.05, 4.69) is 0 Å². The lowest BCUT2D eigenvalue weighted by Crippen LogP contribution is -2.29. The topological polar surface area (TPSA) is 20.3 Å². The summed E-state index contributed by atoms with van der Waals surface area (Å²) in [5.74, 6) is -0.310. The minimum atomic E-state index is -0.270. The second-order valence-corrected chi connectivity index (χ2v) is 5.01. The van der Waals surface area contributed by atoms with Crippen molar-refractivity contribution in [2.75, 3.05) is 7.05 Å². The van der Waals surface area contributed by atoms with Gasteiger partial charge < -0.3 is 4.90 Å². The Labute approximate surface area is 118 Å². The monoisotopic (exact) mass is 271 g/mol. The third-order valence-corrected chi connectivity index (χ3v) is 3.55. The quantitative estimate of drug-likeness (QED) is 0.827. The number of carbonyl (C=O) groups is 1. The van der Waals surface area contributed by atoms with Gasteiger partial charge in [-0.15, -0.1) is 0 Å². The van der Waals surface area contributed by atoms with Gasteiger partial charge >= 0.3 is 0 Å². The van der Waals surface area contributed by atoms with E-state index in [1.807, 2.05) is 38.1 Å². The zero-order valence-corrected chi connectivity index (χ0v) is 11.9. The Morgan fingerprint density at radius 3 is 2.15 bits per heavy atom. The Balaban J connectivity index is 2.17. The van der Waals surface area contributed by atoms with Crippen LogP contribution in [0.2, 0.25) is 0 Å². The summed E-state index contributed by atoms with van der Waals surface area (Å²) >= 11 is 0. The van der Waals surface area contributed by atoms with Crippen LogP contribution < -0.4 is 0 Å². The van der Waals surface area contributed by atoms with Gasteiger partial charge in [-0.2, -0.15) is 0 Å². The van der Waals surface area contributed by atoms with Crippen molar-refractivity contribution in [2.24, 2.45) is 0 Å². The molecule has 0 fully saturated rings. The van der Waals surface area contributed by atoms with Gasteiger partial charge in [0.25, 0.3) is 5.91 Å². The minimum absolute atomic E-state index is 0.0400. The number of aryl methyl sites for hydroxylation is 1. The molecule has 0 bridgehead atoms. The van der Waals surface area contributed by atoms with Crippen molar-refractivity contribution in [3.8, 4) is 0 Å². The van der Waals surface area contributed by atoms with Crippen LogP contribution >= 0.6 is 0 Å². The summed E-state index contributed by atoms with van der Waals surface area (Å²) < 4.78 is 12.9. The van der Waals surface area contributed by atoms with Crippen LogP contribution in [-0.2, 0) is 0 Å². The van der Waals surface area contributed by atoms with E-state index in [9.17, 15) is 9.18 Å². The van der Waals surface area contributed by atoms with Crippen molar-refractivity contribution in [3.63, 3.8) is 0 Å². The third kappa shape index (κ3) is 3.05. The number of hydrogen-bond donors (Lipinski definition) is 0. The smallest absolute Gasteiger partial charge is 0.254 e. The van der Waals surface area contributed by atoms with E-state index in [1.54, 1.807) is 24.1 Å². The number of rotatable bonds is 3. The standard InChI is InChI=1S/C17H18FNO/c1-12-4-6-15(7-5-12)17(20)19(3)13(2)14-8-10-16(18)11-9-14/h4-11,13H,1-3H3. The summed E-state index contributed by atoms with van der Waals surface area (Å²) in [7, 11) is 1.76. The molecule has 0 saturated heterocycles. The molecule has 1 unspecified atom stereocenters. The van der Waals surface area contributed by atoms with Crippen LogP contribution in [0.1, 0.15) is 34.5 Å². The van der Waals surface area contributed by atoms with Gasteiger partial charge in [-0.3, -0.25) is 4.79 Å². The molecule has 2 nitrogen and oxygen atoms in total. The number of amides is 1. The van der Waals surface area contributed by atoms with Gasteiger partial charge in [0.1, 0.15) is 5.82 Å². The van der Waals surface area contributed by atoms with Gasteiger partial charge in [-0.1, -0.05) is 29.8 Å². The molecule has 0 aromatic heterocycles. The van der Waals surface area contributed by atoms with E-state index in [0.717, 1.165) is 11.1 Å². The molecular weight excluding hydrogens is 253 g/mol.